The van der Waals surface area contributed by atoms with Gasteiger partial charge in [0.05, 0.1) is 38.3 Å². The Bertz CT molecular complexity index is 698. The monoisotopic (exact) mass is 329 g/mol. The van der Waals surface area contributed by atoms with Crippen molar-refractivity contribution in [3.8, 4) is 11.5 Å². The maximum absolute atomic E-state index is 12.6. The second-order valence-electron chi connectivity index (χ2n) is 6.27. The maximum atomic E-state index is 12.6. The Morgan fingerprint density at radius 3 is 2.21 bits per heavy atom. The highest BCUT2D eigenvalue weighted by Crippen LogP contribution is 2.45. The topological polar surface area (TPSA) is 65.1 Å². The minimum atomic E-state index is -0.335. The number of ether oxygens (including phenoxy) is 3. The Balaban J connectivity index is 1.47. The van der Waals surface area contributed by atoms with Crippen LogP contribution < -0.4 is 9.47 Å². The molecule has 0 N–H and O–H groups in total. The van der Waals surface area contributed by atoms with Crippen LogP contribution in [0, 0.1) is 11.8 Å². The average Bonchev–Trinajstić information content (AvgIpc) is 3.27. The number of carbonyl (C=O) groups is 2. The molecule has 4 unspecified atom stereocenters. The summed E-state index contributed by atoms with van der Waals surface area (Å²) in [6.45, 7) is 0.375. The fraction of sp³-hybridized carbons (Fsp3) is 0.444. The van der Waals surface area contributed by atoms with Crippen LogP contribution >= 0.6 is 0 Å². The van der Waals surface area contributed by atoms with Gasteiger partial charge in [0, 0.05) is 6.54 Å². The summed E-state index contributed by atoms with van der Waals surface area (Å²) in [7, 11) is 3.17. The zero-order valence-electron chi connectivity index (χ0n) is 13.6. The summed E-state index contributed by atoms with van der Waals surface area (Å²) in [5, 5.41) is 0. The van der Waals surface area contributed by atoms with Gasteiger partial charge in [-0.05, 0) is 24.1 Å². The van der Waals surface area contributed by atoms with Crippen LogP contribution in [0.1, 0.15) is 5.56 Å². The minimum Gasteiger partial charge on any atom is -0.493 e. The van der Waals surface area contributed by atoms with E-state index in [0.29, 0.717) is 24.5 Å². The molecule has 0 saturated carbocycles. The van der Waals surface area contributed by atoms with Crippen LogP contribution in [0.3, 0.4) is 0 Å². The number of methoxy groups -OCH3 is 2. The Hall–Kier alpha value is -2.34. The van der Waals surface area contributed by atoms with Gasteiger partial charge in [-0.2, -0.15) is 0 Å². The zero-order valence-corrected chi connectivity index (χ0v) is 13.6. The van der Waals surface area contributed by atoms with Crippen molar-refractivity contribution in [1.29, 1.82) is 0 Å². The van der Waals surface area contributed by atoms with Crippen molar-refractivity contribution in [2.45, 2.75) is 18.6 Å². The van der Waals surface area contributed by atoms with E-state index in [-0.39, 0.29) is 35.9 Å². The van der Waals surface area contributed by atoms with E-state index in [1.54, 1.807) is 14.2 Å². The molecule has 1 aromatic rings. The number of carbonyl (C=O) groups excluding carboxylic acids is 2. The third-order valence-corrected chi connectivity index (χ3v) is 5.07. The number of likely N-dealkylation sites (tertiary alicyclic amines) is 1. The van der Waals surface area contributed by atoms with Crippen molar-refractivity contribution in [2.75, 3.05) is 20.8 Å². The number of rotatable bonds is 5. The van der Waals surface area contributed by atoms with E-state index >= 15 is 0 Å². The van der Waals surface area contributed by atoms with Crippen molar-refractivity contribution in [3.63, 3.8) is 0 Å². The summed E-state index contributed by atoms with van der Waals surface area (Å²) >= 11 is 0. The maximum Gasteiger partial charge on any atom is 0.236 e. The number of hydrogen-bond donors (Lipinski definition) is 0. The normalized spacial score (nSPS) is 30.2. The van der Waals surface area contributed by atoms with Crippen LogP contribution in [0.15, 0.2) is 30.4 Å². The lowest BCUT2D eigenvalue weighted by molar-refractivity contribution is -0.142. The standard InChI is InChI=1S/C18H19NO5/c1-22-11-4-3-10(9-14(11)23-2)7-8-19-17(20)15-12-5-6-13(24-12)16(15)18(19)21/h3-6,9,12-13,15-16H,7-8H2,1-2H3. The number of hydrogen-bond acceptors (Lipinski definition) is 5. The molecule has 1 aromatic carbocycles. The lowest BCUT2D eigenvalue weighted by Crippen LogP contribution is -2.36. The molecule has 2 saturated heterocycles. The van der Waals surface area contributed by atoms with Gasteiger partial charge in [0.15, 0.2) is 11.5 Å². The molecule has 3 aliphatic rings. The lowest BCUT2D eigenvalue weighted by atomic mass is 9.85. The second-order valence-corrected chi connectivity index (χ2v) is 6.27. The fourth-order valence-electron chi connectivity index (χ4n) is 3.86. The third-order valence-electron chi connectivity index (χ3n) is 5.07. The van der Waals surface area contributed by atoms with E-state index in [1.807, 2.05) is 30.4 Å². The van der Waals surface area contributed by atoms with Crippen LogP contribution in [-0.2, 0) is 20.7 Å². The predicted octanol–water partition coefficient (Wildman–Crippen LogP) is 1.18. The first-order valence-corrected chi connectivity index (χ1v) is 8.04. The molecular weight excluding hydrogens is 310 g/mol. The lowest BCUT2D eigenvalue weighted by Gasteiger charge is -2.18. The molecule has 126 valence electrons. The molecule has 0 aromatic heterocycles. The van der Waals surface area contributed by atoms with Gasteiger partial charge >= 0.3 is 0 Å². The molecule has 0 aliphatic carbocycles. The van der Waals surface area contributed by atoms with Crippen molar-refractivity contribution >= 4 is 11.8 Å². The van der Waals surface area contributed by atoms with Crippen molar-refractivity contribution in [1.82, 2.24) is 4.90 Å². The number of nitrogens with zero attached hydrogens (tertiary/aromatic N) is 1. The van der Waals surface area contributed by atoms with Crippen molar-refractivity contribution < 1.29 is 23.8 Å². The molecule has 4 rings (SSSR count). The molecule has 2 bridgehead atoms. The van der Waals surface area contributed by atoms with Crippen LogP contribution in [0.2, 0.25) is 0 Å². The van der Waals surface area contributed by atoms with Gasteiger partial charge in [0.1, 0.15) is 0 Å². The molecule has 2 fully saturated rings. The van der Waals surface area contributed by atoms with E-state index in [0.717, 1.165) is 5.56 Å². The molecule has 3 heterocycles. The van der Waals surface area contributed by atoms with Gasteiger partial charge in [-0.25, -0.2) is 0 Å². The number of amides is 2. The summed E-state index contributed by atoms with van der Waals surface area (Å²) in [4.78, 5) is 26.5. The summed E-state index contributed by atoms with van der Waals surface area (Å²) in [6, 6.07) is 5.62. The van der Waals surface area contributed by atoms with Gasteiger partial charge in [-0.1, -0.05) is 18.2 Å². The Labute approximate surface area is 140 Å². The minimum absolute atomic E-state index is 0.109. The zero-order chi connectivity index (χ0) is 16.8. The van der Waals surface area contributed by atoms with E-state index in [1.165, 1.54) is 4.90 Å². The van der Waals surface area contributed by atoms with Crippen molar-refractivity contribution in [3.05, 3.63) is 35.9 Å². The Kier molecular flexibility index (Phi) is 3.57. The van der Waals surface area contributed by atoms with Crippen LogP contribution in [0.4, 0.5) is 0 Å². The second kappa shape index (κ2) is 5.63. The molecule has 0 radical (unpaired) electrons. The molecular formula is C18H19NO5. The van der Waals surface area contributed by atoms with Gasteiger partial charge in [0.2, 0.25) is 11.8 Å². The number of fused-ring (bicyclic) bond motifs is 5. The van der Waals surface area contributed by atoms with E-state index in [2.05, 4.69) is 0 Å². The van der Waals surface area contributed by atoms with Crippen LogP contribution in [0.5, 0.6) is 11.5 Å². The molecule has 2 amide bonds. The first kappa shape index (κ1) is 15.2. The Morgan fingerprint density at radius 2 is 1.62 bits per heavy atom. The molecule has 6 nitrogen and oxygen atoms in total. The quantitative estimate of drug-likeness (QED) is 0.600. The first-order chi connectivity index (χ1) is 11.6. The predicted molar refractivity (Wildman–Crippen MR) is 84.8 cm³/mol. The van der Waals surface area contributed by atoms with Crippen LogP contribution in [0.25, 0.3) is 0 Å². The van der Waals surface area contributed by atoms with Gasteiger partial charge in [-0.15, -0.1) is 0 Å². The largest absolute Gasteiger partial charge is 0.493 e. The number of benzene rings is 1. The van der Waals surface area contributed by atoms with Crippen molar-refractivity contribution in [2.24, 2.45) is 11.8 Å². The molecule has 3 aliphatic heterocycles. The summed E-state index contributed by atoms with van der Waals surface area (Å²) in [5.74, 6) is 0.408. The van der Waals surface area contributed by atoms with E-state index in [9.17, 15) is 9.59 Å². The average molecular weight is 329 g/mol. The summed E-state index contributed by atoms with van der Waals surface area (Å²) in [6.07, 6.45) is 3.91. The Morgan fingerprint density at radius 1 is 1.00 bits per heavy atom. The molecule has 24 heavy (non-hydrogen) atoms. The third kappa shape index (κ3) is 2.13. The van der Waals surface area contributed by atoms with E-state index < -0.39 is 0 Å². The highest BCUT2D eigenvalue weighted by atomic mass is 16.5. The molecule has 4 atom stereocenters. The highest BCUT2D eigenvalue weighted by Gasteiger charge is 2.60. The molecule has 6 heteroatoms. The smallest absolute Gasteiger partial charge is 0.236 e. The van der Waals surface area contributed by atoms with Crippen LogP contribution in [-0.4, -0.2) is 49.7 Å². The van der Waals surface area contributed by atoms with Gasteiger partial charge in [-0.3, -0.25) is 14.5 Å². The van der Waals surface area contributed by atoms with Gasteiger partial charge < -0.3 is 14.2 Å². The summed E-state index contributed by atoms with van der Waals surface area (Å²) < 4.78 is 16.1. The van der Waals surface area contributed by atoms with Gasteiger partial charge in [0.25, 0.3) is 0 Å². The summed E-state index contributed by atoms with van der Waals surface area (Å²) in [5.41, 5.74) is 0.989. The SMILES string of the molecule is COc1ccc(CCN2C(=O)C3C4C=CC(O4)C3C2=O)cc1OC. The number of imide groups is 1. The highest BCUT2D eigenvalue weighted by molar-refractivity contribution is 6.06. The molecule has 0 spiro atoms. The van der Waals surface area contributed by atoms with E-state index in [4.69, 9.17) is 14.2 Å². The fourth-order valence-corrected chi connectivity index (χ4v) is 3.86. The first-order valence-electron chi connectivity index (χ1n) is 8.04.